The van der Waals surface area contributed by atoms with E-state index in [2.05, 4.69) is 50.1 Å². The SMILES string of the molecule is NC(c1ccc(Br)cc1Br)C1CCOC2(CCCCC2)C1. The van der Waals surface area contributed by atoms with E-state index in [9.17, 15) is 0 Å². The van der Waals surface area contributed by atoms with Gasteiger partial charge >= 0.3 is 0 Å². The Kier molecular flexibility index (Phi) is 5.09. The second kappa shape index (κ2) is 6.69. The Morgan fingerprint density at radius 1 is 1.19 bits per heavy atom. The van der Waals surface area contributed by atoms with E-state index in [1.54, 1.807) is 0 Å². The van der Waals surface area contributed by atoms with Crippen LogP contribution in [-0.2, 0) is 4.74 Å². The van der Waals surface area contributed by atoms with Crippen LogP contribution in [0.1, 0.15) is 56.6 Å². The third-order valence-corrected chi connectivity index (χ3v) is 6.31. The third-order valence-electron chi connectivity index (χ3n) is 5.13. The Labute approximate surface area is 144 Å². The second-order valence-corrected chi connectivity index (χ2v) is 8.31. The fourth-order valence-corrected chi connectivity index (χ4v) is 5.25. The highest BCUT2D eigenvalue weighted by atomic mass is 79.9. The maximum atomic E-state index is 6.61. The quantitative estimate of drug-likeness (QED) is 0.705. The molecule has 2 aliphatic rings. The van der Waals surface area contributed by atoms with Gasteiger partial charge in [-0.3, -0.25) is 0 Å². The molecular weight excluding hydrogens is 394 g/mol. The highest BCUT2D eigenvalue weighted by molar-refractivity contribution is 9.11. The van der Waals surface area contributed by atoms with Crippen molar-refractivity contribution in [1.82, 2.24) is 0 Å². The molecule has 1 aromatic rings. The molecule has 0 radical (unpaired) electrons. The lowest BCUT2D eigenvalue weighted by Crippen LogP contribution is -2.44. The molecule has 1 aliphatic heterocycles. The summed E-state index contributed by atoms with van der Waals surface area (Å²) in [5.74, 6) is 0.523. The Hall–Kier alpha value is 0.1000. The molecule has 1 saturated heterocycles. The molecule has 1 heterocycles. The molecule has 0 bridgehead atoms. The summed E-state index contributed by atoms with van der Waals surface area (Å²) >= 11 is 7.17. The van der Waals surface area contributed by atoms with Gasteiger partial charge in [-0.05, 0) is 49.3 Å². The lowest BCUT2D eigenvalue weighted by atomic mass is 9.73. The van der Waals surface area contributed by atoms with E-state index in [0.29, 0.717) is 5.92 Å². The molecule has 0 aromatic heterocycles. The molecule has 116 valence electrons. The first-order chi connectivity index (χ1) is 10.1. The lowest BCUT2D eigenvalue weighted by molar-refractivity contribution is -0.120. The minimum absolute atomic E-state index is 0.0928. The van der Waals surface area contributed by atoms with Crippen molar-refractivity contribution in [3.8, 4) is 0 Å². The molecule has 21 heavy (non-hydrogen) atoms. The standard InChI is InChI=1S/C17H23Br2NO/c18-13-4-5-14(15(19)10-13)16(20)12-6-9-21-17(11-12)7-2-1-3-8-17/h4-5,10,12,16H,1-3,6-9,11,20H2. The van der Waals surface area contributed by atoms with Gasteiger partial charge in [0.25, 0.3) is 0 Å². The van der Waals surface area contributed by atoms with Gasteiger partial charge in [-0.1, -0.05) is 57.2 Å². The summed E-state index contributed by atoms with van der Waals surface area (Å²) in [5.41, 5.74) is 7.95. The van der Waals surface area contributed by atoms with E-state index in [0.717, 1.165) is 28.4 Å². The van der Waals surface area contributed by atoms with Gasteiger partial charge in [0.2, 0.25) is 0 Å². The predicted molar refractivity (Wildman–Crippen MR) is 93.3 cm³/mol. The van der Waals surface area contributed by atoms with Crippen molar-refractivity contribution in [1.29, 1.82) is 0 Å². The monoisotopic (exact) mass is 415 g/mol. The van der Waals surface area contributed by atoms with Crippen LogP contribution in [-0.4, -0.2) is 12.2 Å². The minimum atomic E-state index is 0.0928. The number of rotatable bonds is 2. The van der Waals surface area contributed by atoms with Gasteiger partial charge < -0.3 is 10.5 Å². The van der Waals surface area contributed by atoms with E-state index in [1.165, 1.54) is 37.7 Å². The Morgan fingerprint density at radius 3 is 2.67 bits per heavy atom. The van der Waals surface area contributed by atoms with Crippen LogP contribution in [0.4, 0.5) is 0 Å². The normalized spacial score (nSPS) is 26.7. The van der Waals surface area contributed by atoms with Gasteiger partial charge in [0, 0.05) is 21.6 Å². The highest BCUT2D eigenvalue weighted by Crippen LogP contribution is 2.44. The van der Waals surface area contributed by atoms with Crippen molar-refractivity contribution in [2.24, 2.45) is 11.7 Å². The number of nitrogens with two attached hydrogens (primary N) is 1. The molecule has 1 aliphatic carbocycles. The molecule has 4 heteroatoms. The minimum Gasteiger partial charge on any atom is -0.375 e. The zero-order chi connectivity index (χ0) is 14.9. The summed E-state index contributed by atoms with van der Waals surface area (Å²) in [4.78, 5) is 0. The van der Waals surface area contributed by atoms with Crippen LogP contribution in [0.3, 0.4) is 0 Å². The fourth-order valence-electron chi connectivity index (χ4n) is 3.94. The average molecular weight is 417 g/mol. The van der Waals surface area contributed by atoms with Gasteiger partial charge in [-0.2, -0.15) is 0 Å². The highest BCUT2D eigenvalue weighted by Gasteiger charge is 2.40. The molecule has 1 aromatic carbocycles. The molecule has 2 N–H and O–H groups in total. The van der Waals surface area contributed by atoms with E-state index in [4.69, 9.17) is 10.5 Å². The number of hydrogen-bond acceptors (Lipinski definition) is 2. The smallest absolute Gasteiger partial charge is 0.0685 e. The molecule has 2 unspecified atom stereocenters. The zero-order valence-electron chi connectivity index (χ0n) is 12.3. The van der Waals surface area contributed by atoms with Crippen LogP contribution in [0.15, 0.2) is 27.1 Å². The first-order valence-corrected chi connectivity index (χ1v) is 9.53. The number of halogens is 2. The number of benzene rings is 1. The van der Waals surface area contributed by atoms with Gasteiger partial charge in [-0.25, -0.2) is 0 Å². The van der Waals surface area contributed by atoms with Crippen molar-refractivity contribution in [2.75, 3.05) is 6.61 Å². The topological polar surface area (TPSA) is 35.2 Å². The fraction of sp³-hybridized carbons (Fsp3) is 0.647. The molecule has 0 amide bonds. The van der Waals surface area contributed by atoms with Crippen molar-refractivity contribution >= 4 is 31.9 Å². The number of ether oxygens (including phenoxy) is 1. The molecule has 2 fully saturated rings. The van der Waals surface area contributed by atoms with E-state index < -0.39 is 0 Å². The number of hydrogen-bond donors (Lipinski definition) is 1. The third kappa shape index (κ3) is 3.54. The van der Waals surface area contributed by atoms with Gasteiger partial charge in [-0.15, -0.1) is 0 Å². The zero-order valence-corrected chi connectivity index (χ0v) is 15.5. The van der Waals surface area contributed by atoms with Crippen LogP contribution in [0, 0.1) is 5.92 Å². The first kappa shape index (κ1) is 16.0. The van der Waals surface area contributed by atoms with E-state index in [-0.39, 0.29) is 11.6 Å². The van der Waals surface area contributed by atoms with Gasteiger partial charge in [0.1, 0.15) is 0 Å². The van der Waals surface area contributed by atoms with E-state index in [1.807, 2.05) is 0 Å². The van der Waals surface area contributed by atoms with Crippen LogP contribution < -0.4 is 5.73 Å². The molecule has 2 nitrogen and oxygen atoms in total. The maximum absolute atomic E-state index is 6.61. The van der Waals surface area contributed by atoms with Gasteiger partial charge in [0.15, 0.2) is 0 Å². The second-order valence-electron chi connectivity index (χ2n) is 6.54. The summed E-state index contributed by atoms with van der Waals surface area (Å²) < 4.78 is 8.39. The Bertz CT molecular complexity index is 494. The summed E-state index contributed by atoms with van der Waals surface area (Å²) in [6.45, 7) is 0.868. The summed E-state index contributed by atoms with van der Waals surface area (Å²) in [6.07, 6.45) is 8.62. The van der Waals surface area contributed by atoms with Crippen molar-refractivity contribution in [3.05, 3.63) is 32.7 Å². The summed E-state index contributed by atoms with van der Waals surface area (Å²) in [6, 6.07) is 6.40. The summed E-state index contributed by atoms with van der Waals surface area (Å²) in [7, 11) is 0. The molecule has 1 saturated carbocycles. The molecular formula is C17H23Br2NO. The lowest BCUT2D eigenvalue weighted by Gasteiger charge is -2.45. The van der Waals surface area contributed by atoms with Crippen LogP contribution in [0.2, 0.25) is 0 Å². The van der Waals surface area contributed by atoms with Crippen LogP contribution in [0.5, 0.6) is 0 Å². The van der Waals surface area contributed by atoms with E-state index >= 15 is 0 Å². The molecule has 3 rings (SSSR count). The average Bonchev–Trinajstić information content (AvgIpc) is 2.47. The largest absolute Gasteiger partial charge is 0.375 e. The van der Waals surface area contributed by atoms with Crippen molar-refractivity contribution < 1.29 is 4.74 Å². The Morgan fingerprint density at radius 2 is 1.95 bits per heavy atom. The maximum Gasteiger partial charge on any atom is 0.0685 e. The van der Waals surface area contributed by atoms with Crippen molar-refractivity contribution in [2.45, 2.75) is 56.6 Å². The molecule has 1 spiro atoms. The van der Waals surface area contributed by atoms with Crippen LogP contribution in [0.25, 0.3) is 0 Å². The Balaban J connectivity index is 1.76. The van der Waals surface area contributed by atoms with Gasteiger partial charge in [0.05, 0.1) is 5.60 Å². The van der Waals surface area contributed by atoms with Crippen LogP contribution >= 0.6 is 31.9 Å². The van der Waals surface area contributed by atoms with Crippen molar-refractivity contribution in [3.63, 3.8) is 0 Å². The summed E-state index contributed by atoms with van der Waals surface area (Å²) in [5, 5.41) is 0. The molecule has 2 atom stereocenters. The first-order valence-electron chi connectivity index (χ1n) is 7.94. The predicted octanol–water partition coefficient (Wildman–Crippen LogP) is 5.34.